The van der Waals surface area contributed by atoms with Crippen LogP contribution in [0.5, 0.6) is 5.75 Å². The van der Waals surface area contributed by atoms with Gasteiger partial charge in [0.25, 0.3) is 0 Å². The second-order valence-electron chi connectivity index (χ2n) is 5.61. The van der Waals surface area contributed by atoms with E-state index in [0.717, 1.165) is 29.5 Å². The highest BCUT2D eigenvalue weighted by Gasteiger charge is 2.10. The number of hydrogen-bond donors (Lipinski definition) is 0. The Bertz CT molecular complexity index is 1020. The first-order valence-electron chi connectivity index (χ1n) is 7.95. The number of benzene rings is 3. The molecule has 0 aliphatic carbocycles. The van der Waals surface area contributed by atoms with Crippen LogP contribution in [0.15, 0.2) is 48.5 Å². The van der Waals surface area contributed by atoms with Crippen LogP contribution in [0, 0.1) is 23.5 Å². The van der Waals surface area contributed by atoms with E-state index < -0.39 is 24.0 Å². The summed E-state index contributed by atoms with van der Waals surface area (Å²) in [6.45, 7) is -1.09. The van der Waals surface area contributed by atoms with Gasteiger partial charge in [0.05, 0.1) is 5.56 Å². The molecule has 0 saturated heterocycles. The molecule has 0 fully saturated rings. The maximum atomic E-state index is 14.6. The van der Waals surface area contributed by atoms with Gasteiger partial charge in [-0.05, 0) is 41.6 Å². The van der Waals surface area contributed by atoms with Gasteiger partial charge in [-0.2, -0.15) is 8.78 Å². The lowest BCUT2D eigenvalue weighted by molar-refractivity contribution is -0.0521. The molecule has 0 amide bonds. The molecule has 0 bridgehead atoms. The lowest BCUT2D eigenvalue weighted by Gasteiger charge is -2.05. The summed E-state index contributed by atoms with van der Waals surface area (Å²) in [5.41, 5.74) is 1.51. The lowest BCUT2D eigenvalue weighted by Crippen LogP contribution is -2.03. The monoisotopic (exact) mass is 358 g/mol. The third kappa shape index (κ3) is 3.80. The van der Waals surface area contributed by atoms with Crippen LogP contribution in [0.4, 0.5) is 17.6 Å². The SMILES string of the molecule is CCc1ccc2c(F)c(C#Cc3ccc(OC(F)F)c(F)c3)ccc2c1. The second kappa shape index (κ2) is 7.49. The number of rotatable bonds is 3. The summed E-state index contributed by atoms with van der Waals surface area (Å²) < 4.78 is 56.6. The highest BCUT2D eigenvalue weighted by molar-refractivity contribution is 5.85. The molecule has 0 aliphatic rings. The Morgan fingerprint density at radius 1 is 0.962 bits per heavy atom. The van der Waals surface area contributed by atoms with Crippen molar-refractivity contribution in [3.05, 3.63) is 76.9 Å². The minimum absolute atomic E-state index is 0.176. The van der Waals surface area contributed by atoms with Crippen molar-refractivity contribution in [2.75, 3.05) is 0 Å². The van der Waals surface area contributed by atoms with Crippen molar-refractivity contribution >= 4 is 10.8 Å². The van der Waals surface area contributed by atoms with E-state index in [0.29, 0.717) is 5.39 Å². The van der Waals surface area contributed by atoms with E-state index in [1.807, 2.05) is 19.1 Å². The van der Waals surface area contributed by atoms with Crippen molar-refractivity contribution < 1.29 is 22.3 Å². The Balaban J connectivity index is 1.92. The van der Waals surface area contributed by atoms with E-state index in [1.165, 1.54) is 6.07 Å². The molecule has 26 heavy (non-hydrogen) atoms. The van der Waals surface area contributed by atoms with E-state index in [9.17, 15) is 17.6 Å². The molecule has 3 aromatic carbocycles. The normalized spacial score (nSPS) is 10.7. The zero-order valence-electron chi connectivity index (χ0n) is 13.8. The number of fused-ring (bicyclic) bond motifs is 1. The Hall–Kier alpha value is -3.00. The molecule has 0 spiro atoms. The van der Waals surface area contributed by atoms with Crippen molar-refractivity contribution in [3.8, 4) is 17.6 Å². The number of alkyl halides is 2. The van der Waals surface area contributed by atoms with Gasteiger partial charge < -0.3 is 4.74 Å². The molecule has 0 aromatic heterocycles. The van der Waals surface area contributed by atoms with Gasteiger partial charge in [0.1, 0.15) is 5.82 Å². The number of aryl methyl sites for hydroxylation is 1. The Labute approximate surface area is 148 Å². The van der Waals surface area contributed by atoms with E-state index in [-0.39, 0.29) is 11.1 Å². The topological polar surface area (TPSA) is 9.23 Å². The van der Waals surface area contributed by atoms with Crippen LogP contribution in [0.25, 0.3) is 10.8 Å². The summed E-state index contributed by atoms with van der Waals surface area (Å²) in [5.74, 6) is 3.33. The van der Waals surface area contributed by atoms with Crippen LogP contribution >= 0.6 is 0 Å². The summed E-state index contributed by atoms with van der Waals surface area (Å²) in [7, 11) is 0. The third-order valence-corrected chi connectivity index (χ3v) is 3.92. The highest BCUT2D eigenvalue weighted by Crippen LogP contribution is 2.23. The molecule has 1 nitrogen and oxygen atoms in total. The fourth-order valence-electron chi connectivity index (χ4n) is 2.57. The predicted octanol–water partition coefficient (Wildman–Crippen LogP) is 5.68. The second-order valence-corrected chi connectivity index (χ2v) is 5.61. The molecule has 0 saturated carbocycles. The molecule has 0 atom stereocenters. The molecule has 3 aromatic rings. The summed E-state index contributed by atoms with van der Waals surface area (Å²) in [6.07, 6.45) is 0.857. The molecular weight excluding hydrogens is 344 g/mol. The van der Waals surface area contributed by atoms with Gasteiger partial charge in [0.2, 0.25) is 0 Å². The Morgan fingerprint density at radius 2 is 1.77 bits per heavy atom. The number of ether oxygens (including phenoxy) is 1. The highest BCUT2D eigenvalue weighted by atomic mass is 19.3. The molecule has 132 valence electrons. The average Bonchev–Trinajstić information content (AvgIpc) is 2.62. The Morgan fingerprint density at radius 3 is 2.46 bits per heavy atom. The molecule has 0 unspecified atom stereocenters. The van der Waals surface area contributed by atoms with Crippen molar-refractivity contribution in [3.63, 3.8) is 0 Å². The Kier molecular flexibility index (Phi) is 5.13. The fraction of sp³-hybridized carbons (Fsp3) is 0.143. The van der Waals surface area contributed by atoms with Gasteiger partial charge >= 0.3 is 6.61 Å². The molecule has 3 rings (SSSR count). The lowest BCUT2D eigenvalue weighted by atomic mass is 10.0. The van der Waals surface area contributed by atoms with Crippen LogP contribution < -0.4 is 4.74 Å². The van der Waals surface area contributed by atoms with Crippen molar-refractivity contribution in [2.24, 2.45) is 0 Å². The van der Waals surface area contributed by atoms with E-state index in [2.05, 4.69) is 16.6 Å². The van der Waals surface area contributed by atoms with E-state index in [4.69, 9.17) is 0 Å². The van der Waals surface area contributed by atoms with Gasteiger partial charge in [0.15, 0.2) is 11.6 Å². The van der Waals surface area contributed by atoms with Crippen molar-refractivity contribution in [1.82, 2.24) is 0 Å². The minimum atomic E-state index is -3.11. The van der Waals surface area contributed by atoms with Crippen LogP contribution in [-0.4, -0.2) is 6.61 Å². The predicted molar refractivity (Wildman–Crippen MR) is 92.3 cm³/mol. The fourth-order valence-corrected chi connectivity index (χ4v) is 2.57. The first kappa shape index (κ1) is 17.8. The summed E-state index contributed by atoms with van der Waals surface area (Å²) in [5, 5.41) is 1.24. The average molecular weight is 358 g/mol. The zero-order valence-corrected chi connectivity index (χ0v) is 13.8. The van der Waals surface area contributed by atoms with E-state index >= 15 is 0 Å². The van der Waals surface area contributed by atoms with Crippen LogP contribution in [0.1, 0.15) is 23.6 Å². The first-order valence-corrected chi connectivity index (χ1v) is 7.95. The maximum Gasteiger partial charge on any atom is 0.387 e. The van der Waals surface area contributed by atoms with Crippen molar-refractivity contribution in [1.29, 1.82) is 0 Å². The van der Waals surface area contributed by atoms with Gasteiger partial charge in [0, 0.05) is 10.9 Å². The maximum absolute atomic E-state index is 14.6. The third-order valence-electron chi connectivity index (χ3n) is 3.92. The van der Waals surface area contributed by atoms with Gasteiger partial charge in [-0.1, -0.05) is 43.0 Å². The summed E-state index contributed by atoms with van der Waals surface area (Å²) >= 11 is 0. The summed E-state index contributed by atoms with van der Waals surface area (Å²) in [6, 6.07) is 12.2. The van der Waals surface area contributed by atoms with Crippen molar-refractivity contribution in [2.45, 2.75) is 20.0 Å². The molecular formula is C21H14F4O. The van der Waals surface area contributed by atoms with Gasteiger partial charge in [-0.3, -0.25) is 0 Å². The number of halogens is 4. The quantitative estimate of drug-likeness (QED) is 0.432. The zero-order chi connectivity index (χ0) is 18.7. The first-order chi connectivity index (χ1) is 12.5. The van der Waals surface area contributed by atoms with Crippen LogP contribution in [0.2, 0.25) is 0 Å². The molecule has 5 heteroatoms. The smallest absolute Gasteiger partial charge is 0.387 e. The van der Waals surface area contributed by atoms with E-state index in [1.54, 1.807) is 18.2 Å². The standard InChI is InChI=1S/C21H14F4O/c1-2-13-4-9-17-16(11-13)8-7-15(20(17)23)6-3-14-5-10-19(18(22)12-14)26-21(24)25/h4-5,7-12,21H,2H2,1H3. The largest absolute Gasteiger partial charge is 0.432 e. The van der Waals surface area contributed by atoms with Gasteiger partial charge in [-0.15, -0.1) is 0 Å². The van der Waals surface area contributed by atoms with Crippen LogP contribution in [-0.2, 0) is 6.42 Å². The van der Waals surface area contributed by atoms with Crippen LogP contribution in [0.3, 0.4) is 0 Å². The minimum Gasteiger partial charge on any atom is -0.432 e. The molecule has 0 radical (unpaired) electrons. The van der Waals surface area contributed by atoms with Gasteiger partial charge in [-0.25, -0.2) is 8.78 Å². The molecule has 0 heterocycles. The number of hydrogen-bond acceptors (Lipinski definition) is 1. The molecule has 0 aliphatic heterocycles. The molecule has 0 N–H and O–H groups in total. The summed E-state index contributed by atoms with van der Waals surface area (Å²) in [4.78, 5) is 0.